The van der Waals surface area contributed by atoms with Crippen molar-refractivity contribution in [3.05, 3.63) is 129 Å². The van der Waals surface area contributed by atoms with Crippen LogP contribution in [0.3, 0.4) is 0 Å². The highest BCUT2D eigenvalue weighted by Crippen LogP contribution is 2.27. The number of amides is 2. The smallest absolute Gasteiger partial charge is 0.264 e. The molecule has 4 rings (SSSR count). The first-order valence-corrected chi connectivity index (χ1v) is 16.2. The molecular formula is C34H36BrN3O4S. The second-order valence-corrected chi connectivity index (χ2v) is 13.4. The lowest BCUT2D eigenvalue weighted by molar-refractivity contribution is -0.139. The Bertz CT molecular complexity index is 1670. The van der Waals surface area contributed by atoms with Gasteiger partial charge in [-0.3, -0.25) is 13.9 Å². The molecule has 0 fully saturated rings. The molecule has 0 aliphatic heterocycles. The molecule has 0 aliphatic carbocycles. The van der Waals surface area contributed by atoms with Gasteiger partial charge in [-0.15, -0.1) is 0 Å². The maximum absolute atomic E-state index is 14.4. The molecule has 0 saturated carbocycles. The minimum absolute atomic E-state index is 0.0794. The number of benzene rings is 4. The standard InChI is InChI=1S/C34H36BrN3O4S/c1-24-13-15-31(16-14-24)43(41,42)38(30-18-25(2)17-26(3)19-30)23-33(39)37(22-28-11-8-12-29(35)20-28)32(34(40)36-4)21-27-9-6-5-7-10-27/h5-20,32H,21-23H2,1-4H3,(H,36,40)/t32-/m0/s1. The van der Waals surface area contributed by atoms with Crippen LogP contribution < -0.4 is 9.62 Å². The van der Waals surface area contributed by atoms with E-state index in [0.29, 0.717) is 5.69 Å². The van der Waals surface area contributed by atoms with Crippen LogP contribution in [0.5, 0.6) is 0 Å². The Hall–Kier alpha value is -3.95. The monoisotopic (exact) mass is 661 g/mol. The molecule has 4 aromatic rings. The SMILES string of the molecule is CNC(=O)[C@H](Cc1ccccc1)N(Cc1cccc(Br)c1)C(=O)CN(c1cc(C)cc(C)c1)S(=O)(=O)c1ccc(C)cc1. The third-order valence-electron chi connectivity index (χ3n) is 7.14. The molecule has 0 unspecified atom stereocenters. The van der Waals surface area contributed by atoms with Gasteiger partial charge >= 0.3 is 0 Å². The summed E-state index contributed by atoms with van der Waals surface area (Å²) in [6, 6.07) is 28.1. The Morgan fingerprint density at radius 2 is 1.42 bits per heavy atom. The van der Waals surface area contributed by atoms with Gasteiger partial charge in [0.05, 0.1) is 10.6 Å². The van der Waals surface area contributed by atoms with E-state index < -0.39 is 28.5 Å². The summed E-state index contributed by atoms with van der Waals surface area (Å²) in [5.74, 6) is -0.842. The van der Waals surface area contributed by atoms with E-state index in [4.69, 9.17) is 0 Å². The van der Waals surface area contributed by atoms with Crippen LogP contribution in [0, 0.1) is 20.8 Å². The summed E-state index contributed by atoms with van der Waals surface area (Å²) in [5, 5.41) is 2.71. The Morgan fingerprint density at radius 3 is 2.02 bits per heavy atom. The van der Waals surface area contributed by atoms with Crippen LogP contribution in [-0.2, 0) is 32.6 Å². The highest BCUT2D eigenvalue weighted by atomic mass is 79.9. The second-order valence-electron chi connectivity index (χ2n) is 10.6. The molecule has 1 N–H and O–H groups in total. The highest BCUT2D eigenvalue weighted by molar-refractivity contribution is 9.10. The number of aryl methyl sites for hydroxylation is 3. The van der Waals surface area contributed by atoms with Gasteiger partial charge in [-0.25, -0.2) is 8.42 Å². The average molecular weight is 663 g/mol. The fraction of sp³-hybridized carbons (Fsp3) is 0.235. The molecule has 0 aliphatic rings. The first kappa shape index (κ1) is 32.0. The van der Waals surface area contributed by atoms with Gasteiger partial charge in [-0.2, -0.15) is 0 Å². The van der Waals surface area contributed by atoms with Crippen molar-refractivity contribution in [3.63, 3.8) is 0 Å². The zero-order valence-electron chi connectivity index (χ0n) is 24.7. The zero-order chi connectivity index (χ0) is 31.1. The Kier molecular flexibility index (Phi) is 10.4. The molecule has 7 nitrogen and oxygen atoms in total. The maximum Gasteiger partial charge on any atom is 0.264 e. The summed E-state index contributed by atoms with van der Waals surface area (Å²) >= 11 is 3.49. The molecule has 2 amide bonds. The van der Waals surface area contributed by atoms with Crippen molar-refractivity contribution in [3.8, 4) is 0 Å². The van der Waals surface area contributed by atoms with Crippen LogP contribution in [0.2, 0.25) is 0 Å². The minimum atomic E-state index is -4.15. The van der Waals surface area contributed by atoms with Gasteiger partial charge in [-0.1, -0.05) is 82.2 Å². The van der Waals surface area contributed by atoms with Crippen LogP contribution in [0.15, 0.2) is 106 Å². The number of hydrogen-bond acceptors (Lipinski definition) is 4. The third-order valence-corrected chi connectivity index (χ3v) is 9.42. The molecular weight excluding hydrogens is 626 g/mol. The highest BCUT2D eigenvalue weighted by Gasteiger charge is 2.34. The van der Waals surface area contributed by atoms with E-state index in [1.807, 2.05) is 81.4 Å². The number of likely N-dealkylation sites (N-methyl/N-ethyl adjacent to an activating group) is 1. The molecule has 0 aromatic heterocycles. The van der Waals surface area contributed by atoms with Crippen molar-refractivity contribution in [2.24, 2.45) is 0 Å². The van der Waals surface area contributed by atoms with E-state index in [1.54, 1.807) is 36.4 Å². The van der Waals surface area contributed by atoms with Crippen molar-refractivity contribution in [1.29, 1.82) is 0 Å². The van der Waals surface area contributed by atoms with Crippen molar-refractivity contribution in [2.45, 2.75) is 44.7 Å². The lowest BCUT2D eigenvalue weighted by Crippen LogP contribution is -2.53. The van der Waals surface area contributed by atoms with E-state index in [0.717, 1.165) is 36.6 Å². The fourth-order valence-corrected chi connectivity index (χ4v) is 6.86. The molecule has 0 saturated heterocycles. The Labute approximate surface area is 262 Å². The van der Waals surface area contributed by atoms with Gasteiger partial charge in [0.25, 0.3) is 10.0 Å². The van der Waals surface area contributed by atoms with Crippen molar-refractivity contribution in [2.75, 3.05) is 17.9 Å². The maximum atomic E-state index is 14.4. The van der Waals surface area contributed by atoms with Crippen LogP contribution in [-0.4, -0.2) is 44.8 Å². The lowest BCUT2D eigenvalue weighted by atomic mass is 10.0. The summed E-state index contributed by atoms with van der Waals surface area (Å²) in [7, 11) is -2.61. The van der Waals surface area contributed by atoms with Gasteiger partial charge in [0, 0.05) is 24.5 Å². The number of nitrogens with one attached hydrogen (secondary N) is 1. The number of halogens is 1. The molecule has 43 heavy (non-hydrogen) atoms. The van der Waals surface area contributed by atoms with Crippen molar-refractivity contribution in [1.82, 2.24) is 10.2 Å². The Morgan fingerprint density at radius 1 is 0.791 bits per heavy atom. The van der Waals surface area contributed by atoms with E-state index in [9.17, 15) is 18.0 Å². The molecule has 4 aromatic carbocycles. The average Bonchev–Trinajstić information content (AvgIpc) is 2.97. The molecule has 9 heteroatoms. The molecule has 0 bridgehead atoms. The lowest BCUT2D eigenvalue weighted by Gasteiger charge is -2.33. The number of hydrogen-bond donors (Lipinski definition) is 1. The van der Waals surface area contributed by atoms with E-state index in [1.165, 1.54) is 11.9 Å². The summed E-state index contributed by atoms with van der Waals surface area (Å²) < 4.78 is 30.3. The van der Waals surface area contributed by atoms with E-state index in [-0.39, 0.29) is 23.8 Å². The molecule has 1 atom stereocenters. The summed E-state index contributed by atoms with van der Waals surface area (Å²) in [6.45, 7) is 5.27. The van der Waals surface area contributed by atoms with Gasteiger partial charge in [0.15, 0.2) is 0 Å². The van der Waals surface area contributed by atoms with Crippen molar-refractivity contribution >= 4 is 43.5 Å². The van der Waals surface area contributed by atoms with Crippen LogP contribution >= 0.6 is 15.9 Å². The topological polar surface area (TPSA) is 86.8 Å². The zero-order valence-corrected chi connectivity index (χ0v) is 27.2. The summed E-state index contributed by atoms with van der Waals surface area (Å²) in [6.07, 6.45) is 0.258. The number of anilines is 1. The predicted molar refractivity (Wildman–Crippen MR) is 174 cm³/mol. The fourth-order valence-electron chi connectivity index (χ4n) is 5.01. The van der Waals surface area contributed by atoms with Crippen LogP contribution in [0.25, 0.3) is 0 Å². The number of carbonyl (C=O) groups is 2. The van der Waals surface area contributed by atoms with E-state index in [2.05, 4.69) is 21.2 Å². The predicted octanol–water partition coefficient (Wildman–Crippen LogP) is 5.96. The van der Waals surface area contributed by atoms with Gasteiger partial charge in [-0.05, 0) is 79.4 Å². The van der Waals surface area contributed by atoms with Gasteiger partial charge in [0.2, 0.25) is 11.8 Å². The second kappa shape index (κ2) is 14.0. The van der Waals surface area contributed by atoms with E-state index >= 15 is 0 Å². The third kappa shape index (κ3) is 8.12. The van der Waals surface area contributed by atoms with Gasteiger partial charge < -0.3 is 10.2 Å². The number of sulfonamides is 1. The minimum Gasteiger partial charge on any atom is -0.357 e. The molecule has 0 heterocycles. The quantitative estimate of drug-likeness (QED) is 0.215. The first-order valence-electron chi connectivity index (χ1n) is 13.9. The number of rotatable bonds is 11. The number of carbonyl (C=O) groups excluding carboxylic acids is 2. The molecule has 0 spiro atoms. The molecule has 0 radical (unpaired) electrons. The largest absolute Gasteiger partial charge is 0.357 e. The summed E-state index contributed by atoms with van der Waals surface area (Å²) in [5.41, 5.74) is 4.70. The van der Waals surface area contributed by atoms with Crippen LogP contribution in [0.1, 0.15) is 27.8 Å². The Balaban J connectivity index is 1.81. The van der Waals surface area contributed by atoms with Gasteiger partial charge in [0.1, 0.15) is 12.6 Å². The first-order chi connectivity index (χ1) is 20.5. The summed E-state index contributed by atoms with van der Waals surface area (Å²) in [4.78, 5) is 29.3. The van der Waals surface area contributed by atoms with Crippen molar-refractivity contribution < 1.29 is 18.0 Å². The number of nitrogens with zero attached hydrogens (tertiary/aromatic N) is 2. The molecule has 224 valence electrons. The normalized spacial score (nSPS) is 11.9. The van der Waals surface area contributed by atoms with Crippen LogP contribution in [0.4, 0.5) is 5.69 Å².